The number of imidazole rings is 1. The van der Waals surface area contributed by atoms with E-state index in [2.05, 4.69) is 40.8 Å². The molecular weight excluding hydrogens is 464 g/mol. The van der Waals surface area contributed by atoms with Crippen molar-refractivity contribution in [3.63, 3.8) is 0 Å². The van der Waals surface area contributed by atoms with E-state index in [0.717, 1.165) is 29.7 Å². The van der Waals surface area contributed by atoms with Crippen molar-refractivity contribution in [2.75, 3.05) is 18.5 Å². The van der Waals surface area contributed by atoms with Gasteiger partial charge in [0.2, 0.25) is 10.0 Å². The van der Waals surface area contributed by atoms with Gasteiger partial charge in [-0.25, -0.2) is 18.1 Å². The van der Waals surface area contributed by atoms with Crippen LogP contribution in [0.3, 0.4) is 0 Å². The van der Waals surface area contributed by atoms with Crippen LogP contribution < -0.4 is 10.0 Å². The fraction of sp³-hybridized carbons (Fsp3) is 0.391. The van der Waals surface area contributed by atoms with Crippen LogP contribution in [0, 0.1) is 0 Å². The van der Waals surface area contributed by atoms with Gasteiger partial charge in [-0.05, 0) is 49.2 Å². The SMILES string of the molecule is CC(C)(C)c1nc2ccc(NC(=O)c3ccc(Cl)c(S(=O)(=O)NC[C@H]4CCCO4)c3)cc2[nH]1. The number of aromatic nitrogens is 2. The number of sulfonamides is 1. The molecule has 8 nitrogen and oxygen atoms in total. The van der Waals surface area contributed by atoms with Gasteiger partial charge in [0.25, 0.3) is 5.91 Å². The van der Waals surface area contributed by atoms with Crippen molar-refractivity contribution in [2.24, 2.45) is 0 Å². The number of aromatic amines is 1. The van der Waals surface area contributed by atoms with Crippen LogP contribution >= 0.6 is 11.6 Å². The molecule has 10 heteroatoms. The molecule has 1 aliphatic heterocycles. The summed E-state index contributed by atoms with van der Waals surface area (Å²) < 4.78 is 33.5. The third-order valence-electron chi connectivity index (χ3n) is 5.46. The molecule has 1 saturated heterocycles. The maximum atomic E-state index is 12.9. The highest BCUT2D eigenvalue weighted by atomic mass is 35.5. The number of fused-ring (bicyclic) bond motifs is 1. The summed E-state index contributed by atoms with van der Waals surface area (Å²) in [5.41, 5.74) is 2.21. The van der Waals surface area contributed by atoms with Crippen LogP contribution in [-0.2, 0) is 20.2 Å². The first-order chi connectivity index (χ1) is 15.5. The first-order valence-corrected chi connectivity index (χ1v) is 12.6. The van der Waals surface area contributed by atoms with E-state index in [0.29, 0.717) is 12.3 Å². The number of nitrogens with one attached hydrogen (secondary N) is 3. The number of hydrogen-bond donors (Lipinski definition) is 3. The Morgan fingerprint density at radius 1 is 1.24 bits per heavy atom. The molecule has 1 fully saturated rings. The van der Waals surface area contributed by atoms with E-state index in [1.807, 2.05) is 6.07 Å². The standard InChI is InChI=1S/C23H27ClN4O4S/c1-23(2,3)22-27-18-9-7-15(12-19(18)28-22)26-21(29)14-6-8-17(24)20(11-14)33(30,31)25-13-16-5-4-10-32-16/h6-9,11-12,16,25H,4-5,10,13H2,1-3H3,(H,26,29)(H,27,28)/t16-/m1/s1. The average Bonchev–Trinajstić information content (AvgIpc) is 3.41. The Hall–Kier alpha value is -2.46. The molecule has 0 spiro atoms. The lowest BCUT2D eigenvalue weighted by molar-refractivity contribution is 0.102. The average molecular weight is 491 g/mol. The summed E-state index contributed by atoms with van der Waals surface area (Å²) in [6.45, 7) is 6.99. The molecule has 2 heterocycles. The van der Waals surface area contributed by atoms with E-state index in [1.54, 1.807) is 12.1 Å². The monoisotopic (exact) mass is 490 g/mol. The molecule has 0 bridgehead atoms. The summed E-state index contributed by atoms with van der Waals surface area (Å²) in [5.74, 6) is 0.404. The third-order valence-corrected chi connectivity index (χ3v) is 7.36. The van der Waals surface area contributed by atoms with E-state index in [-0.39, 0.29) is 33.5 Å². The van der Waals surface area contributed by atoms with Crippen molar-refractivity contribution >= 4 is 44.3 Å². The van der Waals surface area contributed by atoms with Gasteiger partial charge >= 0.3 is 0 Å². The molecule has 0 unspecified atom stereocenters. The number of halogens is 1. The normalized spacial score (nSPS) is 16.9. The summed E-state index contributed by atoms with van der Waals surface area (Å²) in [4.78, 5) is 20.6. The predicted octanol–water partition coefficient (Wildman–Crippen LogP) is 4.22. The van der Waals surface area contributed by atoms with E-state index >= 15 is 0 Å². The highest BCUT2D eigenvalue weighted by Crippen LogP contribution is 2.26. The van der Waals surface area contributed by atoms with Gasteiger partial charge in [0, 0.05) is 29.8 Å². The lowest BCUT2D eigenvalue weighted by Gasteiger charge is -2.13. The van der Waals surface area contributed by atoms with Crippen LogP contribution in [0.15, 0.2) is 41.3 Å². The second kappa shape index (κ2) is 9.06. The van der Waals surface area contributed by atoms with Crippen LogP contribution in [0.4, 0.5) is 5.69 Å². The highest BCUT2D eigenvalue weighted by Gasteiger charge is 2.24. The zero-order valence-corrected chi connectivity index (χ0v) is 20.3. The summed E-state index contributed by atoms with van der Waals surface area (Å²) >= 11 is 6.15. The van der Waals surface area contributed by atoms with Gasteiger partial charge in [0.15, 0.2) is 0 Å². The Labute approximate surface area is 198 Å². The van der Waals surface area contributed by atoms with Crippen molar-refractivity contribution in [1.29, 1.82) is 0 Å². The number of carbonyl (C=O) groups is 1. The Kier molecular flexibility index (Phi) is 6.50. The van der Waals surface area contributed by atoms with Crippen LogP contribution in [0.25, 0.3) is 11.0 Å². The maximum absolute atomic E-state index is 12.9. The number of nitrogens with zero attached hydrogens (tertiary/aromatic N) is 1. The second-order valence-electron chi connectivity index (χ2n) is 9.15. The van der Waals surface area contributed by atoms with E-state index in [9.17, 15) is 13.2 Å². The molecule has 33 heavy (non-hydrogen) atoms. The molecule has 0 aliphatic carbocycles. The highest BCUT2D eigenvalue weighted by molar-refractivity contribution is 7.89. The smallest absolute Gasteiger partial charge is 0.255 e. The first-order valence-electron chi connectivity index (χ1n) is 10.8. The Morgan fingerprint density at radius 3 is 2.73 bits per heavy atom. The Balaban J connectivity index is 1.52. The van der Waals surface area contributed by atoms with E-state index < -0.39 is 15.9 Å². The number of H-pyrrole nitrogens is 1. The molecule has 3 N–H and O–H groups in total. The molecule has 1 aliphatic rings. The van der Waals surface area contributed by atoms with Crippen molar-refractivity contribution in [3.05, 3.63) is 52.8 Å². The number of carbonyl (C=O) groups excluding carboxylic acids is 1. The number of amides is 1. The number of ether oxygens (including phenoxy) is 1. The lowest BCUT2D eigenvalue weighted by Crippen LogP contribution is -2.32. The Bertz CT molecular complexity index is 1290. The van der Waals surface area contributed by atoms with Crippen LogP contribution in [0.5, 0.6) is 0 Å². The van der Waals surface area contributed by atoms with Crippen molar-refractivity contribution < 1.29 is 17.9 Å². The fourth-order valence-electron chi connectivity index (χ4n) is 3.58. The van der Waals surface area contributed by atoms with Gasteiger partial charge in [-0.1, -0.05) is 32.4 Å². The zero-order chi connectivity index (χ0) is 23.8. The molecule has 4 rings (SSSR count). The quantitative estimate of drug-likeness (QED) is 0.478. The van der Waals surface area contributed by atoms with Gasteiger partial charge in [0.1, 0.15) is 10.7 Å². The minimum absolute atomic E-state index is 0.0416. The van der Waals surface area contributed by atoms with Crippen molar-refractivity contribution in [2.45, 2.75) is 50.0 Å². The van der Waals surface area contributed by atoms with Crippen molar-refractivity contribution in [3.8, 4) is 0 Å². The Morgan fingerprint density at radius 2 is 2.03 bits per heavy atom. The lowest BCUT2D eigenvalue weighted by atomic mass is 9.96. The molecular formula is C23H27ClN4O4S. The molecule has 0 saturated carbocycles. The molecule has 1 amide bonds. The van der Waals surface area contributed by atoms with E-state index in [1.165, 1.54) is 18.2 Å². The molecule has 1 atom stereocenters. The van der Waals surface area contributed by atoms with Crippen molar-refractivity contribution in [1.82, 2.24) is 14.7 Å². The van der Waals surface area contributed by atoms with Gasteiger partial charge < -0.3 is 15.0 Å². The number of rotatable bonds is 6. The second-order valence-corrected chi connectivity index (χ2v) is 11.3. The molecule has 2 aromatic carbocycles. The van der Waals surface area contributed by atoms with Gasteiger partial charge in [0.05, 0.1) is 22.2 Å². The molecule has 176 valence electrons. The number of anilines is 1. The predicted molar refractivity (Wildman–Crippen MR) is 128 cm³/mol. The first kappa shape index (κ1) is 23.7. The van der Waals surface area contributed by atoms with Crippen LogP contribution in [-0.4, -0.2) is 43.5 Å². The molecule has 3 aromatic rings. The summed E-state index contributed by atoms with van der Waals surface area (Å²) in [6.07, 6.45) is 1.56. The molecule has 1 aromatic heterocycles. The third kappa shape index (κ3) is 5.38. The fourth-order valence-corrected chi connectivity index (χ4v) is 5.17. The topological polar surface area (TPSA) is 113 Å². The summed E-state index contributed by atoms with van der Waals surface area (Å²) in [6, 6.07) is 9.55. The number of benzene rings is 2. The molecule has 0 radical (unpaired) electrons. The number of hydrogen-bond acceptors (Lipinski definition) is 5. The zero-order valence-electron chi connectivity index (χ0n) is 18.7. The summed E-state index contributed by atoms with van der Waals surface area (Å²) in [5, 5.41) is 2.85. The summed E-state index contributed by atoms with van der Waals surface area (Å²) in [7, 11) is -3.90. The van der Waals surface area contributed by atoms with Crippen LogP contribution in [0.2, 0.25) is 5.02 Å². The minimum atomic E-state index is -3.90. The van der Waals surface area contributed by atoms with Crippen LogP contribution in [0.1, 0.15) is 49.8 Å². The maximum Gasteiger partial charge on any atom is 0.255 e. The minimum Gasteiger partial charge on any atom is -0.377 e. The van der Waals surface area contributed by atoms with Gasteiger partial charge in [-0.15, -0.1) is 0 Å². The van der Waals surface area contributed by atoms with E-state index in [4.69, 9.17) is 16.3 Å². The largest absolute Gasteiger partial charge is 0.377 e. The van der Waals surface area contributed by atoms with Gasteiger partial charge in [-0.3, -0.25) is 4.79 Å². The van der Waals surface area contributed by atoms with Gasteiger partial charge in [-0.2, -0.15) is 0 Å².